The molecule has 0 rings (SSSR count). The molecule has 0 aromatic heterocycles. The zero-order chi connectivity index (χ0) is 10.2. The zero-order valence-electron chi connectivity index (χ0n) is 9.65. The molecule has 0 fully saturated rings. The second-order valence-corrected chi connectivity index (χ2v) is 8.37. The first-order chi connectivity index (χ1) is 6.12. The first-order valence-electron chi connectivity index (χ1n) is 5.47. The van der Waals surface area contributed by atoms with Crippen molar-refractivity contribution in [1.82, 2.24) is 5.32 Å². The summed E-state index contributed by atoms with van der Waals surface area (Å²) in [4.78, 5) is 0. The Labute approximate surface area is 84.2 Å². The summed E-state index contributed by atoms with van der Waals surface area (Å²) in [7, 11) is -1.31. The molecule has 0 spiro atoms. The molecule has 0 aromatic rings. The summed E-state index contributed by atoms with van der Waals surface area (Å²) >= 11 is 0. The van der Waals surface area contributed by atoms with E-state index in [2.05, 4.69) is 32.3 Å². The van der Waals surface area contributed by atoms with E-state index in [1.165, 1.54) is 12.5 Å². The highest BCUT2D eigenvalue weighted by Gasteiger charge is 2.20. The average Bonchev–Trinajstić information content (AvgIpc) is 2.09. The van der Waals surface area contributed by atoms with Gasteiger partial charge in [-0.05, 0) is 45.1 Å². The molecule has 0 radical (unpaired) electrons. The number of rotatable bonds is 8. The highest BCUT2D eigenvalue weighted by atomic mass is 28.4. The van der Waals surface area contributed by atoms with Crippen LogP contribution in [0.25, 0.3) is 0 Å². The smallest absolute Gasteiger partial charge is 0.186 e. The number of hydrogen-bond donors (Lipinski definition) is 1. The predicted molar refractivity (Wildman–Crippen MR) is 61.7 cm³/mol. The normalized spacial score (nSPS) is 12.0. The third-order valence-corrected chi connectivity index (χ3v) is 4.62. The first-order valence-corrected chi connectivity index (χ1v) is 8.58. The van der Waals surface area contributed by atoms with Gasteiger partial charge in [0.15, 0.2) is 8.32 Å². The molecule has 0 aliphatic heterocycles. The molecule has 3 heteroatoms. The minimum Gasteiger partial charge on any atom is -0.417 e. The predicted octanol–water partition coefficient (Wildman–Crippen LogP) is 2.62. The summed E-state index contributed by atoms with van der Waals surface area (Å²) < 4.78 is 5.87. The number of nitrogens with one attached hydrogen (secondary N) is 1. The average molecular weight is 203 g/mol. The van der Waals surface area contributed by atoms with Gasteiger partial charge in [-0.2, -0.15) is 0 Å². The molecular weight excluding hydrogens is 178 g/mol. The third kappa shape index (κ3) is 8.47. The number of hydrogen-bond acceptors (Lipinski definition) is 2. The molecule has 0 aliphatic carbocycles. The van der Waals surface area contributed by atoms with Crippen LogP contribution in [0, 0.1) is 0 Å². The summed E-state index contributed by atoms with van der Waals surface area (Å²) in [6, 6.07) is 1.28. The maximum atomic E-state index is 5.87. The van der Waals surface area contributed by atoms with E-state index in [1.807, 2.05) is 0 Å². The van der Waals surface area contributed by atoms with Gasteiger partial charge < -0.3 is 9.74 Å². The lowest BCUT2D eigenvalue weighted by atomic mass is 10.5. The second-order valence-electron chi connectivity index (χ2n) is 4.07. The van der Waals surface area contributed by atoms with Crippen LogP contribution in [0.5, 0.6) is 0 Å². The molecule has 2 nitrogen and oxygen atoms in total. The van der Waals surface area contributed by atoms with Crippen molar-refractivity contribution in [1.29, 1.82) is 0 Å². The summed E-state index contributed by atoms with van der Waals surface area (Å²) in [5.74, 6) is 0. The van der Waals surface area contributed by atoms with Crippen LogP contribution in [0.4, 0.5) is 0 Å². The summed E-state index contributed by atoms with van der Waals surface area (Å²) in [6.45, 7) is 12.1. The van der Waals surface area contributed by atoms with Gasteiger partial charge in [-0.1, -0.05) is 13.8 Å². The monoisotopic (exact) mass is 203 g/mol. The SMILES string of the molecule is CCCO[Si](C)(C)CCCNCC. The Kier molecular flexibility index (Phi) is 7.61. The van der Waals surface area contributed by atoms with Gasteiger partial charge in [-0.25, -0.2) is 0 Å². The molecule has 0 amide bonds. The van der Waals surface area contributed by atoms with Crippen molar-refractivity contribution in [3.8, 4) is 0 Å². The van der Waals surface area contributed by atoms with Gasteiger partial charge >= 0.3 is 0 Å². The van der Waals surface area contributed by atoms with E-state index in [9.17, 15) is 0 Å². The van der Waals surface area contributed by atoms with Crippen LogP contribution in [0.3, 0.4) is 0 Å². The molecule has 0 saturated heterocycles. The Bertz CT molecular complexity index is 117. The Hall–Kier alpha value is 0.137. The van der Waals surface area contributed by atoms with Crippen LogP contribution in [0.1, 0.15) is 26.7 Å². The van der Waals surface area contributed by atoms with E-state index in [0.717, 1.165) is 26.1 Å². The van der Waals surface area contributed by atoms with E-state index in [4.69, 9.17) is 4.43 Å². The van der Waals surface area contributed by atoms with Gasteiger partial charge in [-0.15, -0.1) is 0 Å². The zero-order valence-corrected chi connectivity index (χ0v) is 10.7. The van der Waals surface area contributed by atoms with Gasteiger partial charge in [0.1, 0.15) is 0 Å². The molecular formula is C10H25NOSi. The third-order valence-electron chi connectivity index (χ3n) is 2.08. The van der Waals surface area contributed by atoms with E-state index in [1.54, 1.807) is 0 Å². The molecule has 80 valence electrons. The topological polar surface area (TPSA) is 21.3 Å². The van der Waals surface area contributed by atoms with Gasteiger partial charge in [0.2, 0.25) is 0 Å². The molecule has 0 aromatic carbocycles. The Balaban J connectivity index is 3.39. The molecule has 1 N–H and O–H groups in total. The van der Waals surface area contributed by atoms with Gasteiger partial charge in [-0.3, -0.25) is 0 Å². The van der Waals surface area contributed by atoms with Gasteiger partial charge in [0, 0.05) is 6.61 Å². The maximum absolute atomic E-state index is 5.87. The quantitative estimate of drug-likeness (QED) is 0.484. The summed E-state index contributed by atoms with van der Waals surface area (Å²) in [5, 5.41) is 3.34. The fourth-order valence-corrected chi connectivity index (χ4v) is 3.20. The highest BCUT2D eigenvalue weighted by Crippen LogP contribution is 2.13. The van der Waals surface area contributed by atoms with Crippen LogP contribution in [0.2, 0.25) is 19.1 Å². The largest absolute Gasteiger partial charge is 0.417 e. The minimum atomic E-state index is -1.31. The van der Waals surface area contributed by atoms with Crippen molar-refractivity contribution >= 4 is 8.32 Å². The van der Waals surface area contributed by atoms with E-state index in [-0.39, 0.29) is 0 Å². The maximum Gasteiger partial charge on any atom is 0.186 e. The standard InChI is InChI=1S/C10H25NOSi/c1-5-9-12-13(3,4)10-7-8-11-6-2/h11H,5-10H2,1-4H3. The van der Waals surface area contributed by atoms with Gasteiger partial charge in [0.25, 0.3) is 0 Å². The molecule has 0 aliphatic rings. The molecule has 0 atom stereocenters. The van der Waals surface area contributed by atoms with Crippen LogP contribution in [-0.2, 0) is 4.43 Å². The molecule has 0 heterocycles. The van der Waals surface area contributed by atoms with E-state index >= 15 is 0 Å². The van der Waals surface area contributed by atoms with Crippen molar-refractivity contribution in [2.24, 2.45) is 0 Å². The second kappa shape index (κ2) is 7.53. The van der Waals surface area contributed by atoms with Crippen molar-refractivity contribution < 1.29 is 4.43 Å². The lowest BCUT2D eigenvalue weighted by Gasteiger charge is -2.22. The summed E-state index contributed by atoms with van der Waals surface area (Å²) in [5.41, 5.74) is 0. The van der Waals surface area contributed by atoms with Crippen molar-refractivity contribution in [3.63, 3.8) is 0 Å². The molecule has 0 bridgehead atoms. The van der Waals surface area contributed by atoms with Crippen LogP contribution in [-0.4, -0.2) is 28.0 Å². The molecule has 13 heavy (non-hydrogen) atoms. The van der Waals surface area contributed by atoms with Crippen LogP contribution < -0.4 is 5.32 Å². The van der Waals surface area contributed by atoms with Gasteiger partial charge in [0.05, 0.1) is 0 Å². The van der Waals surface area contributed by atoms with Crippen molar-refractivity contribution in [2.45, 2.75) is 45.8 Å². The van der Waals surface area contributed by atoms with E-state index < -0.39 is 8.32 Å². The fourth-order valence-electron chi connectivity index (χ4n) is 1.27. The van der Waals surface area contributed by atoms with Crippen molar-refractivity contribution in [2.75, 3.05) is 19.7 Å². The minimum absolute atomic E-state index is 0.945. The fraction of sp³-hybridized carbons (Fsp3) is 1.00. The van der Waals surface area contributed by atoms with Crippen LogP contribution in [0.15, 0.2) is 0 Å². The van der Waals surface area contributed by atoms with E-state index in [0.29, 0.717) is 0 Å². The summed E-state index contributed by atoms with van der Waals surface area (Å²) in [6.07, 6.45) is 2.40. The molecule has 0 unspecified atom stereocenters. The van der Waals surface area contributed by atoms with Crippen LogP contribution >= 0.6 is 0 Å². The molecule has 0 saturated carbocycles. The highest BCUT2D eigenvalue weighted by molar-refractivity contribution is 6.71. The lowest BCUT2D eigenvalue weighted by molar-refractivity contribution is 0.305. The Morgan fingerprint density at radius 3 is 2.46 bits per heavy atom. The first kappa shape index (κ1) is 13.1. The Morgan fingerprint density at radius 2 is 1.92 bits per heavy atom. The van der Waals surface area contributed by atoms with Crippen molar-refractivity contribution in [3.05, 3.63) is 0 Å². The Morgan fingerprint density at radius 1 is 1.23 bits per heavy atom. The lowest BCUT2D eigenvalue weighted by Crippen LogP contribution is -2.31.